The molecule has 1 fully saturated rings. The van der Waals surface area contributed by atoms with E-state index in [9.17, 15) is 14.9 Å². The quantitative estimate of drug-likeness (QED) is 0.249. The van der Waals surface area contributed by atoms with E-state index in [0.717, 1.165) is 53.8 Å². The molecule has 4 aromatic rings. The van der Waals surface area contributed by atoms with E-state index in [1.165, 1.54) is 17.4 Å². The van der Waals surface area contributed by atoms with Crippen molar-refractivity contribution >= 4 is 50.7 Å². The van der Waals surface area contributed by atoms with E-state index in [2.05, 4.69) is 20.1 Å². The Hall–Kier alpha value is -3.73. The highest BCUT2D eigenvalue weighted by Crippen LogP contribution is 2.31. The van der Waals surface area contributed by atoms with Crippen molar-refractivity contribution in [3.63, 3.8) is 0 Å². The maximum absolute atomic E-state index is 12.6. The van der Waals surface area contributed by atoms with Crippen molar-refractivity contribution in [1.82, 2.24) is 15.2 Å². The molecule has 0 bridgehead atoms. The minimum atomic E-state index is -0.383. The summed E-state index contributed by atoms with van der Waals surface area (Å²) in [5, 5.41) is 14.9. The lowest BCUT2D eigenvalue weighted by Gasteiger charge is -2.34. The molecule has 0 aliphatic carbocycles. The smallest absolute Gasteiger partial charge is 0.270 e. The fraction of sp³-hybridized carbons (Fsp3) is 0.231. The van der Waals surface area contributed by atoms with Crippen LogP contribution in [0.1, 0.15) is 10.4 Å². The molecule has 0 saturated carbocycles. The molecule has 192 valence electrons. The maximum atomic E-state index is 12.6. The number of carbonyl (C=O) groups excluding carboxylic acids is 1. The van der Waals surface area contributed by atoms with Gasteiger partial charge in [-0.05, 0) is 36.4 Å². The number of benzene rings is 3. The van der Waals surface area contributed by atoms with Gasteiger partial charge in [-0.3, -0.25) is 19.8 Å². The van der Waals surface area contributed by atoms with Crippen LogP contribution in [-0.2, 0) is 0 Å². The summed E-state index contributed by atoms with van der Waals surface area (Å²) in [5.74, 6) is 1.21. The number of piperazine rings is 1. The molecule has 0 atom stereocenters. The molecule has 1 aliphatic rings. The SMILES string of the molecule is Cl.O=C(NCCN1CCN(c2nc3ccc([N+](=O)[O-])cc3s2)CC1)c1cccc(Oc2ccccc2)c1. The van der Waals surface area contributed by atoms with Crippen LogP contribution < -0.4 is 15.0 Å². The Balaban J connectivity index is 0.00000320. The van der Waals surface area contributed by atoms with E-state index in [4.69, 9.17) is 4.74 Å². The van der Waals surface area contributed by atoms with Gasteiger partial charge in [0.1, 0.15) is 11.5 Å². The highest BCUT2D eigenvalue weighted by Gasteiger charge is 2.20. The maximum Gasteiger partial charge on any atom is 0.270 e. The molecule has 3 aromatic carbocycles. The van der Waals surface area contributed by atoms with Crippen molar-refractivity contribution in [2.75, 3.05) is 44.2 Å². The number of hydrogen-bond donors (Lipinski definition) is 1. The zero-order valence-electron chi connectivity index (χ0n) is 19.9. The Morgan fingerprint density at radius 1 is 1.00 bits per heavy atom. The highest BCUT2D eigenvalue weighted by molar-refractivity contribution is 7.22. The number of amides is 1. The summed E-state index contributed by atoms with van der Waals surface area (Å²) in [6, 6.07) is 21.4. The molecule has 1 amide bonds. The lowest BCUT2D eigenvalue weighted by atomic mass is 10.2. The number of hydrogen-bond acceptors (Lipinski definition) is 8. The molecular formula is C26H26ClN5O4S. The number of carbonyl (C=O) groups is 1. The van der Waals surface area contributed by atoms with Crippen LogP contribution in [0.25, 0.3) is 10.2 Å². The molecule has 1 N–H and O–H groups in total. The average Bonchev–Trinajstić information content (AvgIpc) is 3.33. The zero-order chi connectivity index (χ0) is 24.9. The van der Waals surface area contributed by atoms with E-state index >= 15 is 0 Å². The summed E-state index contributed by atoms with van der Waals surface area (Å²) in [5.41, 5.74) is 1.42. The van der Waals surface area contributed by atoms with Gasteiger partial charge in [-0.2, -0.15) is 0 Å². The third kappa shape index (κ3) is 6.53. The normalized spacial score (nSPS) is 13.7. The number of para-hydroxylation sites is 1. The largest absolute Gasteiger partial charge is 0.457 e. The Kier molecular flexibility index (Phi) is 8.54. The number of ether oxygens (including phenoxy) is 1. The zero-order valence-corrected chi connectivity index (χ0v) is 21.5. The first-order valence-electron chi connectivity index (χ1n) is 11.7. The second kappa shape index (κ2) is 12.0. The minimum absolute atomic E-state index is 0. The summed E-state index contributed by atoms with van der Waals surface area (Å²) < 4.78 is 6.65. The average molecular weight is 540 g/mol. The fourth-order valence-corrected chi connectivity index (χ4v) is 5.12. The number of fused-ring (bicyclic) bond motifs is 1. The summed E-state index contributed by atoms with van der Waals surface area (Å²) in [7, 11) is 0. The van der Waals surface area contributed by atoms with E-state index < -0.39 is 0 Å². The van der Waals surface area contributed by atoms with Crippen LogP contribution in [0.2, 0.25) is 0 Å². The molecule has 11 heteroatoms. The third-order valence-corrected chi connectivity index (χ3v) is 7.08. The monoisotopic (exact) mass is 539 g/mol. The summed E-state index contributed by atoms with van der Waals surface area (Å²) in [4.78, 5) is 32.4. The standard InChI is InChI=1S/C26H25N5O4S.ClH/c32-25(19-5-4-8-22(17-19)35-21-6-2-1-3-7-21)27-11-12-29-13-15-30(16-14-29)26-28-23-10-9-20(31(33)34)18-24(23)36-26;/h1-10,17-18H,11-16H2,(H,27,32);1H. The molecular weight excluding hydrogens is 514 g/mol. The molecule has 37 heavy (non-hydrogen) atoms. The second-order valence-corrected chi connectivity index (χ2v) is 9.44. The van der Waals surface area contributed by atoms with Crippen molar-refractivity contribution in [2.45, 2.75) is 0 Å². The summed E-state index contributed by atoms with van der Waals surface area (Å²) in [6.45, 7) is 4.64. The van der Waals surface area contributed by atoms with E-state index in [1.807, 2.05) is 42.5 Å². The second-order valence-electron chi connectivity index (χ2n) is 8.43. The number of nitro benzene ring substituents is 1. The first-order chi connectivity index (χ1) is 17.5. The number of non-ortho nitro benzene ring substituents is 1. The Labute approximate surface area is 224 Å². The van der Waals surface area contributed by atoms with Gasteiger partial charge < -0.3 is 15.0 Å². The van der Waals surface area contributed by atoms with Crippen LogP contribution in [0, 0.1) is 10.1 Å². The van der Waals surface area contributed by atoms with Crippen LogP contribution >= 0.6 is 23.7 Å². The third-order valence-electron chi connectivity index (χ3n) is 6.00. The predicted molar refractivity (Wildman–Crippen MR) is 147 cm³/mol. The van der Waals surface area contributed by atoms with Gasteiger partial charge >= 0.3 is 0 Å². The van der Waals surface area contributed by atoms with Crippen LogP contribution in [-0.4, -0.2) is 60.0 Å². The van der Waals surface area contributed by atoms with Crippen LogP contribution in [0.4, 0.5) is 10.8 Å². The van der Waals surface area contributed by atoms with Crippen LogP contribution in [0.15, 0.2) is 72.8 Å². The lowest BCUT2D eigenvalue weighted by Crippen LogP contribution is -2.48. The molecule has 9 nitrogen and oxygen atoms in total. The van der Waals surface area contributed by atoms with Gasteiger partial charge in [0, 0.05) is 57.0 Å². The molecule has 1 saturated heterocycles. The van der Waals surface area contributed by atoms with Crippen molar-refractivity contribution in [3.8, 4) is 11.5 Å². The van der Waals surface area contributed by atoms with Crippen LogP contribution in [0.5, 0.6) is 11.5 Å². The van der Waals surface area contributed by atoms with Crippen molar-refractivity contribution in [2.24, 2.45) is 0 Å². The number of halogens is 1. The number of aromatic nitrogens is 1. The summed E-state index contributed by atoms with van der Waals surface area (Å²) >= 11 is 1.48. The fourth-order valence-electron chi connectivity index (χ4n) is 4.07. The van der Waals surface area contributed by atoms with Crippen LogP contribution in [0.3, 0.4) is 0 Å². The molecule has 2 heterocycles. The molecule has 5 rings (SSSR count). The first kappa shape index (κ1) is 26.3. The van der Waals surface area contributed by atoms with Crippen molar-refractivity contribution < 1.29 is 14.5 Å². The molecule has 1 aromatic heterocycles. The number of nitrogens with one attached hydrogen (secondary N) is 1. The molecule has 0 unspecified atom stereocenters. The number of nitrogens with zero attached hydrogens (tertiary/aromatic N) is 4. The van der Waals surface area contributed by atoms with Gasteiger partial charge in [-0.15, -0.1) is 12.4 Å². The lowest BCUT2D eigenvalue weighted by molar-refractivity contribution is -0.384. The van der Waals surface area contributed by atoms with Gasteiger partial charge in [0.25, 0.3) is 11.6 Å². The number of thiazole rings is 1. The highest BCUT2D eigenvalue weighted by atomic mass is 35.5. The van der Waals surface area contributed by atoms with Gasteiger partial charge in [-0.1, -0.05) is 35.6 Å². The van der Waals surface area contributed by atoms with Crippen molar-refractivity contribution in [1.29, 1.82) is 0 Å². The minimum Gasteiger partial charge on any atom is -0.457 e. The first-order valence-corrected chi connectivity index (χ1v) is 12.5. The Morgan fingerprint density at radius 2 is 1.76 bits per heavy atom. The number of rotatable bonds is 8. The Bertz CT molecular complexity index is 1380. The van der Waals surface area contributed by atoms with E-state index in [1.54, 1.807) is 24.3 Å². The van der Waals surface area contributed by atoms with E-state index in [0.29, 0.717) is 17.9 Å². The summed E-state index contributed by atoms with van der Waals surface area (Å²) in [6.07, 6.45) is 0. The predicted octanol–water partition coefficient (Wildman–Crippen LogP) is 4.97. The van der Waals surface area contributed by atoms with Gasteiger partial charge in [0.2, 0.25) is 0 Å². The topological polar surface area (TPSA) is 101 Å². The van der Waals surface area contributed by atoms with Gasteiger partial charge in [-0.25, -0.2) is 4.98 Å². The van der Waals surface area contributed by atoms with E-state index in [-0.39, 0.29) is 28.9 Å². The number of nitro groups is 1. The van der Waals surface area contributed by atoms with Gasteiger partial charge in [0.15, 0.2) is 5.13 Å². The van der Waals surface area contributed by atoms with Crippen molar-refractivity contribution in [3.05, 3.63) is 88.5 Å². The number of anilines is 1. The molecule has 0 radical (unpaired) electrons. The van der Waals surface area contributed by atoms with Gasteiger partial charge in [0.05, 0.1) is 15.1 Å². The molecule has 0 spiro atoms. The Morgan fingerprint density at radius 3 is 2.51 bits per heavy atom. The molecule has 1 aliphatic heterocycles.